The monoisotopic (exact) mass is 414 g/mol. The molecule has 0 spiro atoms. The molecule has 8 heteroatoms. The van der Waals surface area contributed by atoms with Crippen molar-refractivity contribution in [1.82, 2.24) is 19.2 Å². The molecule has 3 heterocycles. The molecule has 0 aliphatic rings. The molecule has 0 atom stereocenters. The van der Waals surface area contributed by atoms with Gasteiger partial charge >= 0.3 is 0 Å². The molecule has 0 aliphatic carbocycles. The maximum absolute atomic E-state index is 13.2. The Kier molecular flexibility index (Phi) is 5.68. The second-order valence-corrected chi connectivity index (χ2v) is 8.37. The third-order valence-electron chi connectivity index (χ3n) is 4.51. The minimum absolute atomic E-state index is 0.0405. The van der Waals surface area contributed by atoms with E-state index < -0.39 is 0 Å². The van der Waals surface area contributed by atoms with Gasteiger partial charge in [-0.15, -0.1) is 21.5 Å². The van der Waals surface area contributed by atoms with Gasteiger partial charge in [0.2, 0.25) is 5.78 Å². The summed E-state index contributed by atoms with van der Waals surface area (Å²) in [6.45, 7) is 5.10. The van der Waals surface area contributed by atoms with Crippen LogP contribution in [0.25, 0.3) is 16.0 Å². The lowest BCUT2D eigenvalue weighted by Gasteiger charge is -2.13. The Bertz CT molecular complexity index is 1160. The molecule has 4 aromatic rings. The predicted molar refractivity (Wildman–Crippen MR) is 115 cm³/mol. The quantitative estimate of drug-likeness (QED) is 0.315. The Labute approximate surface area is 171 Å². The van der Waals surface area contributed by atoms with Crippen molar-refractivity contribution in [3.05, 3.63) is 51.6 Å². The Morgan fingerprint density at radius 1 is 1.18 bits per heavy atom. The van der Waals surface area contributed by atoms with Crippen LogP contribution >= 0.6 is 23.1 Å². The molecule has 0 N–H and O–H groups in total. The zero-order chi connectivity index (χ0) is 19.5. The molecule has 4 rings (SSSR count). The fraction of sp³-hybridized carbons (Fsp3) is 0.350. The number of para-hydroxylation sites is 1. The third kappa shape index (κ3) is 3.42. The zero-order valence-electron chi connectivity index (χ0n) is 15.9. The summed E-state index contributed by atoms with van der Waals surface area (Å²) < 4.78 is 10.2. The molecule has 0 aliphatic heterocycles. The van der Waals surface area contributed by atoms with Gasteiger partial charge in [-0.1, -0.05) is 43.3 Å². The fourth-order valence-electron chi connectivity index (χ4n) is 3.14. The number of thiophene rings is 1. The Hall–Kier alpha value is -2.32. The van der Waals surface area contributed by atoms with Crippen LogP contribution in [0, 0.1) is 0 Å². The Morgan fingerprint density at radius 2 is 2.04 bits per heavy atom. The van der Waals surface area contributed by atoms with Crippen LogP contribution in [0.15, 0.2) is 45.7 Å². The van der Waals surface area contributed by atoms with Gasteiger partial charge in [0.1, 0.15) is 10.4 Å². The summed E-state index contributed by atoms with van der Waals surface area (Å²) in [6, 6.07) is 9.79. The molecule has 1 aromatic carbocycles. The molecule has 0 bridgehead atoms. The largest absolute Gasteiger partial charge is 0.494 e. The number of unbranched alkanes of at least 4 members (excludes halogenated alkanes) is 1. The number of rotatable bonds is 8. The number of nitrogens with zero attached hydrogens (tertiary/aromatic N) is 4. The van der Waals surface area contributed by atoms with E-state index in [9.17, 15) is 4.79 Å². The highest BCUT2D eigenvalue weighted by atomic mass is 32.2. The average Bonchev–Trinajstić information content (AvgIpc) is 3.34. The number of thioether (sulfide) groups is 1. The predicted octanol–water partition coefficient (Wildman–Crippen LogP) is 4.44. The smallest absolute Gasteiger partial charge is 0.273 e. The third-order valence-corrected chi connectivity index (χ3v) is 6.42. The van der Waals surface area contributed by atoms with Crippen molar-refractivity contribution in [2.45, 2.75) is 38.4 Å². The number of benzene rings is 1. The van der Waals surface area contributed by atoms with Crippen LogP contribution in [0.2, 0.25) is 0 Å². The normalized spacial score (nSPS) is 11.5. The number of ether oxygens (including phenoxy) is 1. The van der Waals surface area contributed by atoms with Crippen molar-refractivity contribution in [1.29, 1.82) is 0 Å². The summed E-state index contributed by atoms with van der Waals surface area (Å²) in [4.78, 5) is 13.2. The highest BCUT2D eigenvalue weighted by molar-refractivity contribution is 7.99. The van der Waals surface area contributed by atoms with Crippen molar-refractivity contribution >= 4 is 39.1 Å². The summed E-state index contributed by atoms with van der Waals surface area (Å²) in [6.07, 6.45) is 2.25. The molecule has 146 valence electrons. The van der Waals surface area contributed by atoms with Gasteiger partial charge in [0.05, 0.1) is 18.7 Å². The van der Waals surface area contributed by atoms with E-state index in [4.69, 9.17) is 4.74 Å². The second-order valence-electron chi connectivity index (χ2n) is 6.39. The molecule has 0 unspecified atom stereocenters. The van der Waals surface area contributed by atoms with E-state index in [0.717, 1.165) is 45.3 Å². The lowest BCUT2D eigenvalue weighted by molar-refractivity contribution is 0.336. The van der Waals surface area contributed by atoms with E-state index in [2.05, 4.69) is 17.1 Å². The molecule has 0 fully saturated rings. The first kappa shape index (κ1) is 19.0. The molecule has 0 radical (unpaired) electrons. The summed E-state index contributed by atoms with van der Waals surface area (Å²) in [5, 5.41) is 11.5. The summed E-state index contributed by atoms with van der Waals surface area (Å²) in [5.41, 5.74) is 1.79. The van der Waals surface area contributed by atoms with E-state index in [1.807, 2.05) is 47.0 Å². The van der Waals surface area contributed by atoms with Gasteiger partial charge < -0.3 is 4.74 Å². The highest BCUT2D eigenvalue weighted by Gasteiger charge is 2.18. The van der Waals surface area contributed by atoms with Gasteiger partial charge in [-0.3, -0.25) is 13.8 Å². The van der Waals surface area contributed by atoms with Gasteiger partial charge in [-0.2, -0.15) is 0 Å². The first-order chi connectivity index (χ1) is 13.7. The topological polar surface area (TPSA) is 61.4 Å². The Balaban J connectivity index is 1.86. The van der Waals surface area contributed by atoms with E-state index in [0.29, 0.717) is 18.9 Å². The maximum atomic E-state index is 13.2. The van der Waals surface area contributed by atoms with Crippen LogP contribution in [0.1, 0.15) is 32.3 Å². The van der Waals surface area contributed by atoms with Crippen LogP contribution in [0.3, 0.4) is 0 Å². The van der Waals surface area contributed by atoms with Crippen molar-refractivity contribution in [2.24, 2.45) is 0 Å². The lowest BCUT2D eigenvalue weighted by atomic mass is 10.2. The summed E-state index contributed by atoms with van der Waals surface area (Å²) in [7, 11) is 0. The van der Waals surface area contributed by atoms with Gasteiger partial charge in [-0.05, 0) is 30.9 Å². The van der Waals surface area contributed by atoms with Crippen molar-refractivity contribution in [3.8, 4) is 5.75 Å². The van der Waals surface area contributed by atoms with Crippen LogP contribution < -0.4 is 10.3 Å². The molecular formula is C20H22N4O2S2. The van der Waals surface area contributed by atoms with E-state index >= 15 is 0 Å². The fourth-order valence-corrected chi connectivity index (χ4v) is 4.99. The molecule has 0 amide bonds. The molecule has 0 saturated carbocycles. The minimum atomic E-state index is -0.0405. The van der Waals surface area contributed by atoms with Gasteiger partial charge in [-0.25, -0.2) is 0 Å². The number of fused-ring (bicyclic) bond motifs is 3. The summed E-state index contributed by atoms with van der Waals surface area (Å²) >= 11 is 3.14. The van der Waals surface area contributed by atoms with Crippen molar-refractivity contribution in [2.75, 3.05) is 12.4 Å². The Morgan fingerprint density at radius 3 is 2.86 bits per heavy atom. The second kappa shape index (κ2) is 8.36. The first-order valence-electron chi connectivity index (χ1n) is 9.43. The van der Waals surface area contributed by atoms with Crippen LogP contribution in [-0.4, -0.2) is 31.5 Å². The molecule has 0 saturated heterocycles. The van der Waals surface area contributed by atoms with Crippen LogP contribution in [0.5, 0.6) is 5.75 Å². The average molecular weight is 415 g/mol. The highest BCUT2D eigenvalue weighted by Crippen LogP contribution is 2.26. The van der Waals surface area contributed by atoms with Crippen molar-refractivity contribution < 1.29 is 4.74 Å². The van der Waals surface area contributed by atoms with Gasteiger partial charge in [0.25, 0.3) is 5.56 Å². The molecular weight excluding hydrogens is 392 g/mol. The zero-order valence-corrected chi connectivity index (χ0v) is 17.6. The number of hydrogen-bond donors (Lipinski definition) is 0. The van der Waals surface area contributed by atoms with Gasteiger partial charge in [0, 0.05) is 11.3 Å². The van der Waals surface area contributed by atoms with Gasteiger partial charge in [0.15, 0.2) is 5.16 Å². The first-order valence-corrected chi connectivity index (χ1v) is 11.3. The molecule has 6 nitrogen and oxygen atoms in total. The van der Waals surface area contributed by atoms with E-state index in [-0.39, 0.29) is 5.56 Å². The van der Waals surface area contributed by atoms with E-state index in [1.165, 1.54) is 11.3 Å². The number of hydrogen-bond acceptors (Lipinski definition) is 6. The number of aromatic nitrogens is 4. The van der Waals surface area contributed by atoms with Crippen molar-refractivity contribution in [3.63, 3.8) is 0 Å². The minimum Gasteiger partial charge on any atom is -0.494 e. The molecule has 3 aromatic heterocycles. The SMILES string of the molecule is CCCCSc1nnc2n(Cc3ccccc3OCC)c(=O)c3sccc3n12. The van der Waals surface area contributed by atoms with E-state index in [1.54, 1.807) is 16.3 Å². The van der Waals surface area contributed by atoms with Crippen LogP contribution in [-0.2, 0) is 6.54 Å². The summed E-state index contributed by atoms with van der Waals surface area (Å²) in [5.74, 6) is 2.34. The standard InChI is InChI=1S/C20H22N4O2S2/c1-3-5-11-28-20-22-21-19-23(13-14-8-6-7-9-16(14)26-4-2)18(25)17-15(24(19)20)10-12-27-17/h6-10,12H,3-5,11,13H2,1-2H3. The van der Waals surface area contributed by atoms with Crippen LogP contribution in [0.4, 0.5) is 0 Å². The lowest BCUT2D eigenvalue weighted by Crippen LogP contribution is -2.23. The molecule has 28 heavy (non-hydrogen) atoms. The maximum Gasteiger partial charge on any atom is 0.273 e.